The van der Waals surface area contributed by atoms with Gasteiger partial charge in [-0.25, -0.2) is 0 Å². The Hall–Kier alpha value is 0.690. The molecule has 0 aliphatic rings. The van der Waals surface area contributed by atoms with Crippen LogP contribution in [0.25, 0.3) is 0 Å². The van der Waals surface area contributed by atoms with Crippen LogP contribution in [-0.2, 0) is 4.79 Å². The summed E-state index contributed by atoms with van der Waals surface area (Å²) < 4.78 is 0. The van der Waals surface area contributed by atoms with E-state index >= 15 is 0 Å². The minimum Gasteiger partial charge on any atom is -0.550 e. The van der Waals surface area contributed by atoms with Gasteiger partial charge in [-0.1, -0.05) is 13.3 Å². The Labute approximate surface area is 78.4 Å². The van der Waals surface area contributed by atoms with Crippen LogP contribution in [0.3, 0.4) is 0 Å². The predicted molar refractivity (Wildman–Crippen MR) is 29.3 cm³/mol. The molecule has 3 nitrogen and oxygen atoms in total. The number of carbonyl (C=O) groups is 1. The summed E-state index contributed by atoms with van der Waals surface area (Å²) in [6, 6.07) is 0. The maximum atomic E-state index is 9.49. The summed E-state index contributed by atoms with van der Waals surface area (Å²) in [5.74, 6) is -0.961. The molecular weight excluding hydrogens is 136 g/mol. The van der Waals surface area contributed by atoms with E-state index in [0.29, 0.717) is 6.42 Å². The maximum Gasteiger partial charge on any atom is 2.00 e. The van der Waals surface area contributed by atoms with E-state index in [4.69, 9.17) is 0 Å². The molecule has 0 spiro atoms. The third kappa shape index (κ3) is 15.9. The van der Waals surface area contributed by atoms with Crippen LogP contribution < -0.4 is 5.11 Å². The van der Waals surface area contributed by atoms with Crippen molar-refractivity contribution in [3.63, 3.8) is 0 Å². The number of hydrogen-bond acceptors (Lipinski definition) is 2. The van der Waals surface area contributed by atoms with Gasteiger partial charge in [0.25, 0.3) is 0 Å². The van der Waals surface area contributed by atoms with E-state index in [1.807, 2.05) is 0 Å². The Balaban J connectivity index is -0.000000125. The molecular formula is C4H9CaO3+. The normalized spacial score (nSPS) is 6.12. The van der Waals surface area contributed by atoms with Gasteiger partial charge in [0.05, 0.1) is 0 Å². The smallest absolute Gasteiger partial charge is 0.550 e. The Morgan fingerprint density at radius 2 is 2.00 bits per heavy atom. The summed E-state index contributed by atoms with van der Waals surface area (Å²) >= 11 is 0. The Morgan fingerprint density at radius 1 is 1.62 bits per heavy atom. The molecule has 0 aromatic carbocycles. The van der Waals surface area contributed by atoms with Gasteiger partial charge in [-0.15, -0.1) is 0 Å². The van der Waals surface area contributed by atoms with Crippen LogP contribution in [0.1, 0.15) is 19.8 Å². The van der Waals surface area contributed by atoms with E-state index in [9.17, 15) is 9.90 Å². The quantitative estimate of drug-likeness (QED) is 0.436. The number of carboxylic acid groups (broad SMARTS) is 1. The van der Waals surface area contributed by atoms with Crippen LogP contribution in [0.2, 0.25) is 0 Å². The zero-order valence-electron chi connectivity index (χ0n) is 4.94. The van der Waals surface area contributed by atoms with Gasteiger partial charge >= 0.3 is 37.7 Å². The monoisotopic (exact) mass is 145 g/mol. The third-order valence-corrected chi connectivity index (χ3v) is 0.454. The second-order valence-corrected chi connectivity index (χ2v) is 1.12. The van der Waals surface area contributed by atoms with E-state index in [1.165, 1.54) is 0 Å². The summed E-state index contributed by atoms with van der Waals surface area (Å²) in [7, 11) is 0. The molecule has 4 heteroatoms. The molecule has 0 saturated carbocycles. The maximum absolute atomic E-state index is 9.49. The molecule has 0 atom stereocenters. The van der Waals surface area contributed by atoms with Crippen LogP contribution in [-0.4, -0.2) is 49.2 Å². The van der Waals surface area contributed by atoms with Gasteiger partial charge in [0.1, 0.15) is 0 Å². The zero-order chi connectivity index (χ0) is 4.99. The van der Waals surface area contributed by atoms with Crippen LogP contribution in [0, 0.1) is 0 Å². The summed E-state index contributed by atoms with van der Waals surface area (Å²) in [5, 5.41) is 9.49. The van der Waals surface area contributed by atoms with Crippen molar-refractivity contribution < 1.29 is 15.4 Å². The first-order valence-electron chi connectivity index (χ1n) is 1.97. The molecule has 0 aliphatic carbocycles. The van der Waals surface area contributed by atoms with Crippen molar-refractivity contribution in [2.24, 2.45) is 0 Å². The van der Waals surface area contributed by atoms with Gasteiger partial charge in [0, 0.05) is 5.97 Å². The largest absolute Gasteiger partial charge is 2.00 e. The molecule has 0 aromatic heterocycles. The van der Waals surface area contributed by atoms with Gasteiger partial charge in [-0.2, -0.15) is 0 Å². The molecule has 0 saturated heterocycles. The Bertz CT molecular complexity index is 55.2. The first kappa shape index (κ1) is 15.9. The van der Waals surface area contributed by atoms with Crippen molar-refractivity contribution in [3.05, 3.63) is 0 Å². The summed E-state index contributed by atoms with van der Waals surface area (Å²) in [5.41, 5.74) is 0. The minimum atomic E-state index is -0.961. The second kappa shape index (κ2) is 10.6. The fourth-order valence-corrected chi connectivity index (χ4v) is 0.204. The number of carboxylic acids is 1. The van der Waals surface area contributed by atoms with Crippen molar-refractivity contribution >= 4 is 43.7 Å². The molecule has 44 valence electrons. The van der Waals surface area contributed by atoms with Crippen molar-refractivity contribution in [1.82, 2.24) is 0 Å². The minimum absolute atomic E-state index is 0. The molecule has 0 unspecified atom stereocenters. The fourth-order valence-electron chi connectivity index (χ4n) is 0.204. The Morgan fingerprint density at radius 3 is 2.00 bits per heavy atom. The third-order valence-electron chi connectivity index (χ3n) is 0.454. The average Bonchev–Trinajstić information content (AvgIpc) is 1.35. The predicted octanol–water partition coefficient (Wildman–Crippen LogP) is -1.67. The van der Waals surface area contributed by atoms with Crippen LogP contribution in [0.4, 0.5) is 0 Å². The molecule has 0 aliphatic heterocycles. The number of aliphatic carboxylic acids is 1. The summed E-state index contributed by atoms with van der Waals surface area (Å²) in [4.78, 5) is 9.49. The molecule has 0 fully saturated rings. The number of carbonyl (C=O) groups excluding carboxylic acids is 1. The second-order valence-electron chi connectivity index (χ2n) is 1.12. The van der Waals surface area contributed by atoms with Crippen molar-refractivity contribution in [3.8, 4) is 0 Å². The van der Waals surface area contributed by atoms with E-state index < -0.39 is 5.97 Å². The molecule has 2 N–H and O–H groups in total. The molecule has 0 amide bonds. The molecule has 8 heavy (non-hydrogen) atoms. The SMILES string of the molecule is CCCC(=O)[O-].O.[Ca+2]. The Kier molecular flexibility index (Phi) is 21.1. The summed E-state index contributed by atoms with van der Waals surface area (Å²) in [6.45, 7) is 1.80. The zero-order valence-corrected chi connectivity index (χ0v) is 7.15. The first-order valence-corrected chi connectivity index (χ1v) is 1.97. The molecule has 0 radical (unpaired) electrons. The average molecular weight is 145 g/mol. The van der Waals surface area contributed by atoms with E-state index in [1.54, 1.807) is 6.92 Å². The van der Waals surface area contributed by atoms with Gasteiger partial charge in [-0.05, 0) is 6.42 Å². The molecule has 0 bridgehead atoms. The van der Waals surface area contributed by atoms with E-state index in [-0.39, 0.29) is 49.6 Å². The van der Waals surface area contributed by atoms with Gasteiger partial charge in [0.2, 0.25) is 0 Å². The van der Waals surface area contributed by atoms with Gasteiger partial charge in [-0.3, -0.25) is 0 Å². The van der Waals surface area contributed by atoms with E-state index in [2.05, 4.69) is 0 Å². The van der Waals surface area contributed by atoms with E-state index in [0.717, 1.165) is 0 Å². The number of hydrogen-bond donors (Lipinski definition) is 0. The number of rotatable bonds is 2. The van der Waals surface area contributed by atoms with Gasteiger partial charge < -0.3 is 15.4 Å². The van der Waals surface area contributed by atoms with Crippen molar-refractivity contribution in [1.29, 1.82) is 0 Å². The molecule has 0 heterocycles. The van der Waals surface area contributed by atoms with Gasteiger partial charge in [0.15, 0.2) is 0 Å². The first-order chi connectivity index (χ1) is 2.77. The van der Waals surface area contributed by atoms with Crippen LogP contribution in [0.15, 0.2) is 0 Å². The fraction of sp³-hybridized carbons (Fsp3) is 0.750. The van der Waals surface area contributed by atoms with Crippen molar-refractivity contribution in [2.45, 2.75) is 19.8 Å². The topological polar surface area (TPSA) is 71.6 Å². The standard InChI is InChI=1S/C4H8O2.Ca.H2O/c1-2-3-4(5)6;;/h2-3H2,1H3,(H,5,6);;1H2/q;+2;/p-1. The summed E-state index contributed by atoms with van der Waals surface area (Å²) in [6.07, 6.45) is 0.850. The molecule has 0 rings (SSSR count). The van der Waals surface area contributed by atoms with Crippen molar-refractivity contribution in [2.75, 3.05) is 0 Å². The van der Waals surface area contributed by atoms with Crippen LogP contribution >= 0.6 is 0 Å². The van der Waals surface area contributed by atoms with Crippen LogP contribution in [0.5, 0.6) is 0 Å². The molecule has 0 aromatic rings.